The number of pyridine rings is 1. The Labute approximate surface area is 354 Å². The first-order chi connectivity index (χ1) is 30.3. The van der Waals surface area contributed by atoms with Crippen LogP contribution in [-0.4, -0.2) is 15.0 Å². The zero-order chi connectivity index (χ0) is 40.5. The highest BCUT2D eigenvalue weighted by Crippen LogP contribution is 2.49. The summed E-state index contributed by atoms with van der Waals surface area (Å²) in [5.74, 6) is 0.608. The van der Waals surface area contributed by atoms with E-state index in [4.69, 9.17) is 19.4 Å². The summed E-state index contributed by atoms with van der Waals surface area (Å²) in [6.45, 7) is 0. The van der Waals surface area contributed by atoms with Gasteiger partial charge in [0.1, 0.15) is 11.2 Å². The van der Waals surface area contributed by atoms with Crippen molar-refractivity contribution in [1.29, 1.82) is 0 Å². The molecule has 0 bridgehead atoms. The molecule has 3 aromatic heterocycles. The molecule has 0 aliphatic rings. The van der Waals surface area contributed by atoms with Crippen molar-refractivity contribution >= 4 is 21.9 Å². The number of nitrogens with zero attached hydrogens (tertiary/aromatic N) is 3. The molecule has 0 saturated heterocycles. The van der Waals surface area contributed by atoms with Crippen molar-refractivity contribution in [3.63, 3.8) is 0 Å². The average molecular weight is 780 g/mol. The first kappa shape index (κ1) is 35.9. The molecule has 0 aliphatic heterocycles. The number of fused-ring (bicyclic) bond motifs is 3. The normalized spacial score (nSPS) is 11.3. The number of furan rings is 1. The Morgan fingerprint density at radius 3 is 1.25 bits per heavy atom. The van der Waals surface area contributed by atoms with E-state index in [1.807, 2.05) is 36.4 Å². The number of hydrogen-bond donors (Lipinski definition) is 0. The van der Waals surface area contributed by atoms with Crippen LogP contribution < -0.4 is 0 Å². The molecule has 0 unspecified atom stereocenters. The average Bonchev–Trinajstić information content (AvgIpc) is 3.74. The van der Waals surface area contributed by atoms with Crippen LogP contribution in [0.5, 0.6) is 0 Å². The van der Waals surface area contributed by atoms with Crippen LogP contribution in [0.4, 0.5) is 0 Å². The first-order valence-electron chi connectivity index (χ1n) is 20.5. The highest BCUT2D eigenvalue weighted by Gasteiger charge is 2.25. The fourth-order valence-corrected chi connectivity index (χ4v) is 8.46. The van der Waals surface area contributed by atoms with Crippen LogP contribution >= 0.6 is 0 Å². The Morgan fingerprint density at radius 1 is 0.295 bits per heavy atom. The Kier molecular flexibility index (Phi) is 9.14. The molecular formula is C57H37N3O. The van der Waals surface area contributed by atoms with Crippen molar-refractivity contribution in [2.75, 3.05) is 0 Å². The van der Waals surface area contributed by atoms with Gasteiger partial charge in [-0.1, -0.05) is 206 Å². The monoisotopic (exact) mass is 779 g/mol. The summed E-state index contributed by atoms with van der Waals surface area (Å²) >= 11 is 0. The number of benzene rings is 8. The second-order valence-corrected chi connectivity index (χ2v) is 15.1. The van der Waals surface area contributed by atoms with E-state index in [2.05, 4.69) is 188 Å². The molecule has 0 aliphatic carbocycles. The van der Waals surface area contributed by atoms with Gasteiger partial charge < -0.3 is 4.42 Å². The Morgan fingerprint density at radius 2 is 0.705 bits per heavy atom. The Bertz CT molecular complexity index is 3210. The van der Waals surface area contributed by atoms with Crippen molar-refractivity contribution in [2.24, 2.45) is 0 Å². The van der Waals surface area contributed by atoms with E-state index < -0.39 is 0 Å². The van der Waals surface area contributed by atoms with E-state index in [0.29, 0.717) is 5.82 Å². The van der Waals surface area contributed by atoms with Gasteiger partial charge in [-0.25, -0.2) is 15.0 Å². The summed E-state index contributed by atoms with van der Waals surface area (Å²) in [5, 5.41) is 2.11. The zero-order valence-electron chi connectivity index (χ0n) is 33.1. The molecule has 0 amide bonds. The van der Waals surface area contributed by atoms with E-state index >= 15 is 0 Å². The fraction of sp³-hybridized carbons (Fsp3) is 0. The molecular weight excluding hydrogens is 743 g/mol. The molecule has 11 rings (SSSR count). The lowest BCUT2D eigenvalue weighted by atomic mass is 9.83. The minimum absolute atomic E-state index is 0.608. The lowest BCUT2D eigenvalue weighted by molar-refractivity contribution is 0.669. The highest BCUT2D eigenvalue weighted by molar-refractivity contribution is 6.09. The molecule has 8 aromatic carbocycles. The van der Waals surface area contributed by atoms with Crippen molar-refractivity contribution in [3.05, 3.63) is 224 Å². The van der Waals surface area contributed by atoms with Crippen LogP contribution in [0.2, 0.25) is 0 Å². The van der Waals surface area contributed by atoms with Crippen molar-refractivity contribution in [1.82, 2.24) is 15.0 Å². The molecule has 0 fully saturated rings. The number of hydrogen-bond acceptors (Lipinski definition) is 4. The fourth-order valence-electron chi connectivity index (χ4n) is 8.46. The molecule has 11 aromatic rings. The minimum Gasteiger partial charge on any atom is -0.455 e. The second kappa shape index (κ2) is 15.5. The maximum Gasteiger partial charge on any atom is 0.164 e. The van der Waals surface area contributed by atoms with Gasteiger partial charge >= 0.3 is 0 Å². The van der Waals surface area contributed by atoms with Crippen LogP contribution in [0.25, 0.3) is 112 Å². The summed E-state index contributed by atoms with van der Waals surface area (Å²) in [4.78, 5) is 16.1. The van der Waals surface area contributed by atoms with Gasteiger partial charge in [-0.2, -0.15) is 0 Å². The molecule has 0 radical (unpaired) electrons. The molecule has 0 N–H and O–H groups in total. The summed E-state index contributed by atoms with van der Waals surface area (Å²) < 4.78 is 6.49. The van der Waals surface area contributed by atoms with Gasteiger partial charge in [0, 0.05) is 49.7 Å². The van der Waals surface area contributed by atoms with E-state index in [0.717, 1.165) is 106 Å². The van der Waals surface area contributed by atoms with Gasteiger partial charge in [-0.15, -0.1) is 0 Å². The quantitative estimate of drug-likeness (QED) is 0.154. The van der Waals surface area contributed by atoms with Crippen LogP contribution in [0.1, 0.15) is 0 Å². The van der Waals surface area contributed by atoms with E-state index in [-0.39, 0.29) is 0 Å². The molecule has 4 nitrogen and oxygen atoms in total. The van der Waals surface area contributed by atoms with Gasteiger partial charge in [0.2, 0.25) is 0 Å². The van der Waals surface area contributed by atoms with Gasteiger partial charge in [-0.05, 0) is 34.9 Å². The number of aromatic nitrogens is 3. The van der Waals surface area contributed by atoms with Crippen LogP contribution in [0, 0.1) is 0 Å². The largest absolute Gasteiger partial charge is 0.455 e. The first-order valence-corrected chi connectivity index (χ1v) is 20.5. The smallest absolute Gasteiger partial charge is 0.164 e. The SMILES string of the molecule is c1ccc(-c2cc(-c3ccc(-c4c(-c5ccccc5)c(-c5ccccc5)nc(-c5ccccc5)c4-c4ccccc4)cc3)nc(-c3cccc4c3oc3ccccc34)n2)cc1. The summed E-state index contributed by atoms with van der Waals surface area (Å²) in [6, 6.07) is 78.0. The number of rotatable bonds is 8. The number of para-hydroxylation sites is 2. The maximum atomic E-state index is 6.49. The molecule has 4 heteroatoms. The second-order valence-electron chi connectivity index (χ2n) is 15.1. The third-order valence-corrected chi connectivity index (χ3v) is 11.3. The Balaban J connectivity index is 1.15. The standard InChI is InChI=1S/C57H37N3O/c1-6-19-38(20-7-1)48-37-49(59-57(58-48)47-31-18-30-46-45-29-16-17-32-50(45)61-56(46)47)39-33-35-42(36-34-39)51-52(40-21-8-2-9-22-40)54(43-25-12-4-13-26-43)60-55(44-27-14-5-15-28-44)53(51)41-23-10-3-11-24-41/h1-37H. The van der Waals surface area contributed by atoms with Gasteiger partial charge in [0.15, 0.2) is 5.82 Å². The topological polar surface area (TPSA) is 51.8 Å². The van der Waals surface area contributed by atoms with Crippen LogP contribution in [-0.2, 0) is 0 Å². The van der Waals surface area contributed by atoms with Crippen molar-refractivity contribution in [2.45, 2.75) is 0 Å². The predicted octanol–water partition coefficient (Wildman–Crippen LogP) is 15.1. The maximum absolute atomic E-state index is 6.49. The molecule has 0 spiro atoms. The highest BCUT2D eigenvalue weighted by atomic mass is 16.3. The van der Waals surface area contributed by atoms with E-state index in [9.17, 15) is 0 Å². The minimum atomic E-state index is 0.608. The molecule has 0 saturated carbocycles. The third kappa shape index (κ3) is 6.67. The lowest BCUT2D eigenvalue weighted by Gasteiger charge is -2.23. The summed E-state index contributed by atoms with van der Waals surface area (Å²) in [6.07, 6.45) is 0. The molecule has 3 heterocycles. The predicted molar refractivity (Wildman–Crippen MR) is 251 cm³/mol. The van der Waals surface area contributed by atoms with Crippen molar-refractivity contribution < 1.29 is 4.42 Å². The van der Waals surface area contributed by atoms with Gasteiger partial charge in [0.05, 0.1) is 28.3 Å². The molecule has 286 valence electrons. The zero-order valence-corrected chi connectivity index (χ0v) is 33.1. The molecule has 0 atom stereocenters. The van der Waals surface area contributed by atoms with E-state index in [1.54, 1.807) is 0 Å². The summed E-state index contributed by atoms with van der Waals surface area (Å²) in [7, 11) is 0. The van der Waals surface area contributed by atoms with Gasteiger partial charge in [0.25, 0.3) is 0 Å². The van der Waals surface area contributed by atoms with Crippen LogP contribution in [0.3, 0.4) is 0 Å². The van der Waals surface area contributed by atoms with Crippen molar-refractivity contribution in [3.8, 4) is 89.8 Å². The third-order valence-electron chi connectivity index (χ3n) is 11.3. The molecule has 61 heavy (non-hydrogen) atoms. The van der Waals surface area contributed by atoms with E-state index in [1.165, 1.54) is 0 Å². The van der Waals surface area contributed by atoms with Gasteiger partial charge in [-0.3, -0.25) is 0 Å². The summed E-state index contributed by atoms with van der Waals surface area (Å²) in [5.41, 5.74) is 16.6. The van der Waals surface area contributed by atoms with Crippen LogP contribution in [0.15, 0.2) is 229 Å². The lowest BCUT2D eigenvalue weighted by Crippen LogP contribution is -2.01. The Hall–Kier alpha value is -8.21.